The molecule has 0 aliphatic heterocycles. The molecule has 0 aromatic heterocycles. The lowest BCUT2D eigenvalue weighted by atomic mass is 10.1. The Balaban J connectivity index is 0. The number of carboxylic acid groups (broad SMARTS) is 2. The summed E-state index contributed by atoms with van der Waals surface area (Å²) in [6.07, 6.45) is 58.7. The number of allylic oxidation sites excluding steroid dienone is 18. The first-order valence-electron chi connectivity index (χ1n) is 17.8. The lowest BCUT2D eigenvalue weighted by Crippen LogP contribution is -1.92. The predicted molar refractivity (Wildman–Crippen MR) is 201 cm³/mol. The quantitative estimate of drug-likeness (QED) is 0.0634. The molecule has 0 aliphatic rings. The molecule has 0 bridgehead atoms. The minimum atomic E-state index is -0.715. The zero-order valence-corrected chi connectivity index (χ0v) is 29.2. The maximum absolute atomic E-state index is 10.3. The van der Waals surface area contributed by atoms with Gasteiger partial charge in [0.05, 0.1) is 0 Å². The Kier molecular flexibility index (Phi) is 40.4. The summed E-state index contributed by atoms with van der Waals surface area (Å²) >= 11 is 0. The van der Waals surface area contributed by atoms with E-state index in [2.05, 4.69) is 123 Å². The van der Waals surface area contributed by atoms with Crippen LogP contribution in [0.15, 0.2) is 109 Å². The first-order valence-corrected chi connectivity index (χ1v) is 17.8. The van der Waals surface area contributed by atoms with Crippen LogP contribution in [0.4, 0.5) is 0 Å². The van der Waals surface area contributed by atoms with Gasteiger partial charge in [-0.3, -0.25) is 9.59 Å². The van der Waals surface area contributed by atoms with Gasteiger partial charge in [-0.2, -0.15) is 0 Å². The van der Waals surface area contributed by atoms with Crippen molar-refractivity contribution in [3.8, 4) is 0 Å². The van der Waals surface area contributed by atoms with E-state index >= 15 is 0 Å². The fraction of sp³-hybridized carbons (Fsp3) is 0.524. The second-order valence-corrected chi connectivity index (χ2v) is 11.1. The molecule has 0 unspecified atom stereocenters. The van der Waals surface area contributed by atoms with Crippen LogP contribution in [0.1, 0.15) is 142 Å². The molecule has 0 spiro atoms. The maximum Gasteiger partial charge on any atom is 0.303 e. The van der Waals surface area contributed by atoms with Gasteiger partial charge in [0, 0.05) is 12.8 Å². The third kappa shape index (κ3) is 47.5. The van der Waals surface area contributed by atoms with Gasteiger partial charge in [0.15, 0.2) is 0 Å². The average Bonchev–Trinajstić information content (AvgIpc) is 3.03. The molecule has 2 N–H and O–H groups in total. The molecule has 0 amide bonds. The molecule has 4 nitrogen and oxygen atoms in total. The van der Waals surface area contributed by atoms with Crippen molar-refractivity contribution < 1.29 is 19.8 Å². The number of carbonyl (C=O) groups is 2. The highest BCUT2D eigenvalue weighted by atomic mass is 16.4. The molecule has 258 valence electrons. The van der Waals surface area contributed by atoms with E-state index in [9.17, 15) is 9.59 Å². The minimum absolute atomic E-state index is 0.258. The molecule has 0 fully saturated rings. The van der Waals surface area contributed by atoms with Crippen molar-refractivity contribution in [3.63, 3.8) is 0 Å². The molecule has 0 radical (unpaired) electrons. The van der Waals surface area contributed by atoms with Gasteiger partial charge < -0.3 is 10.2 Å². The molecule has 0 aliphatic carbocycles. The van der Waals surface area contributed by atoms with Crippen LogP contribution in [0.5, 0.6) is 0 Å². The monoisotopic (exact) mass is 634 g/mol. The Morgan fingerprint density at radius 2 is 0.630 bits per heavy atom. The summed E-state index contributed by atoms with van der Waals surface area (Å²) in [5.41, 5.74) is 0. The van der Waals surface area contributed by atoms with Crippen molar-refractivity contribution in [2.45, 2.75) is 142 Å². The van der Waals surface area contributed by atoms with E-state index < -0.39 is 11.9 Å². The van der Waals surface area contributed by atoms with Crippen LogP contribution in [0.3, 0.4) is 0 Å². The van der Waals surface area contributed by atoms with Crippen LogP contribution in [0.2, 0.25) is 0 Å². The van der Waals surface area contributed by atoms with Crippen LogP contribution in [-0.4, -0.2) is 22.2 Å². The average molecular weight is 635 g/mol. The van der Waals surface area contributed by atoms with E-state index in [1.807, 2.05) is 0 Å². The summed E-state index contributed by atoms with van der Waals surface area (Å²) in [5, 5.41) is 17.0. The van der Waals surface area contributed by atoms with Gasteiger partial charge in [-0.15, -0.1) is 0 Å². The van der Waals surface area contributed by atoms with Gasteiger partial charge in [0.25, 0.3) is 0 Å². The van der Waals surface area contributed by atoms with Crippen LogP contribution in [-0.2, 0) is 9.59 Å². The van der Waals surface area contributed by atoms with Crippen molar-refractivity contribution in [1.82, 2.24) is 0 Å². The number of hydrogen-bond donors (Lipinski definition) is 2. The van der Waals surface area contributed by atoms with E-state index in [0.29, 0.717) is 0 Å². The highest BCUT2D eigenvalue weighted by Gasteiger charge is 1.93. The summed E-state index contributed by atoms with van der Waals surface area (Å²) in [5.74, 6) is -1.43. The predicted octanol–water partition coefficient (Wildman–Crippen LogP) is 13.0. The molecule has 4 heteroatoms. The largest absolute Gasteiger partial charge is 0.481 e. The highest BCUT2D eigenvalue weighted by Crippen LogP contribution is 2.04. The maximum atomic E-state index is 10.3. The van der Waals surface area contributed by atoms with Gasteiger partial charge in [-0.25, -0.2) is 0 Å². The number of hydrogen-bond acceptors (Lipinski definition) is 2. The van der Waals surface area contributed by atoms with Crippen LogP contribution in [0, 0.1) is 0 Å². The Labute approximate surface area is 282 Å². The summed E-state index contributed by atoms with van der Waals surface area (Å²) in [4.78, 5) is 20.6. The summed E-state index contributed by atoms with van der Waals surface area (Å²) < 4.78 is 0. The molecular formula is C42H66O4. The highest BCUT2D eigenvalue weighted by molar-refractivity contribution is 5.66. The Bertz CT molecular complexity index is 941. The number of rotatable bonds is 29. The fourth-order valence-electron chi connectivity index (χ4n) is 3.97. The molecule has 0 atom stereocenters. The van der Waals surface area contributed by atoms with E-state index in [-0.39, 0.29) is 12.8 Å². The summed E-state index contributed by atoms with van der Waals surface area (Å²) in [6.45, 7) is 4.44. The normalized spacial score (nSPS) is 12.6. The summed E-state index contributed by atoms with van der Waals surface area (Å²) in [7, 11) is 0. The van der Waals surface area contributed by atoms with E-state index in [1.165, 1.54) is 44.9 Å². The lowest BCUT2D eigenvalue weighted by molar-refractivity contribution is -0.138. The third-order valence-corrected chi connectivity index (χ3v) is 6.61. The van der Waals surface area contributed by atoms with Gasteiger partial charge in [0.2, 0.25) is 0 Å². The molecule has 0 aromatic rings. The first-order chi connectivity index (χ1) is 22.5. The summed E-state index contributed by atoms with van der Waals surface area (Å²) in [6, 6.07) is 0. The van der Waals surface area contributed by atoms with E-state index in [0.717, 1.165) is 70.6 Å². The Morgan fingerprint density at radius 1 is 0.348 bits per heavy atom. The van der Waals surface area contributed by atoms with E-state index in [1.54, 1.807) is 0 Å². The second-order valence-electron chi connectivity index (χ2n) is 11.1. The van der Waals surface area contributed by atoms with Gasteiger partial charge in [-0.1, -0.05) is 149 Å². The zero-order valence-electron chi connectivity index (χ0n) is 29.2. The molecule has 0 saturated heterocycles. The van der Waals surface area contributed by atoms with Crippen molar-refractivity contribution >= 4 is 11.9 Å². The van der Waals surface area contributed by atoms with Crippen LogP contribution >= 0.6 is 0 Å². The Hall–Kier alpha value is -3.40. The molecule has 0 rings (SSSR count). The van der Waals surface area contributed by atoms with Crippen molar-refractivity contribution in [2.24, 2.45) is 0 Å². The van der Waals surface area contributed by atoms with Crippen LogP contribution < -0.4 is 0 Å². The molecule has 46 heavy (non-hydrogen) atoms. The smallest absolute Gasteiger partial charge is 0.303 e. The molecular weight excluding hydrogens is 568 g/mol. The lowest BCUT2D eigenvalue weighted by Gasteiger charge is -1.93. The number of aliphatic carboxylic acids is 2. The standard InChI is InChI=1S/C21H34O2.C21H32O2/c2*1-2-3-4-5-6-7-8-9-10-11-12-13-14-15-16-17-18-19-20-21(22)23/h7-8,10-11,13-14,16-17H,2-6,9,12,15,18-20H2,1H3,(H,22,23);4-5,7-8,10-11,13-14,16-17H,2-3,6,9,12,15,18-20H2,1H3,(H,22,23)/b8-7-,11-10-,14-13-,17-16-;5-4-,8-7-,11-10-,14-13-,17-16-. The Morgan fingerprint density at radius 3 is 0.913 bits per heavy atom. The van der Waals surface area contributed by atoms with Crippen molar-refractivity contribution in [2.75, 3.05) is 0 Å². The SMILES string of the molecule is CCC/C=C\C/C=C\C/C=C\C/C=C\C/C=C\CCCC(=O)O.CCCCCC/C=C\C/C=C\C/C=C\C/C=C\CCCC(=O)O. The van der Waals surface area contributed by atoms with Crippen molar-refractivity contribution in [3.05, 3.63) is 109 Å². The van der Waals surface area contributed by atoms with Gasteiger partial charge >= 0.3 is 11.9 Å². The first kappa shape index (κ1) is 44.7. The minimum Gasteiger partial charge on any atom is -0.481 e. The molecule has 0 heterocycles. The molecule has 0 saturated carbocycles. The van der Waals surface area contributed by atoms with E-state index in [4.69, 9.17) is 10.2 Å². The zero-order chi connectivity index (χ0) is 34.0. The van der Waals surface area contributed by atoms with Gasteiger partial charge in [0.1, 0.15) is 0 Å². The number of carboxylic acids is 2. The fourth-order valence-corrected chi connectivity index (χ4v) is 3.97. The third-order valence-electron chi connectivity index (χ3n) is 6.61. The number of unbranched alkanes of at least 4 members (excludes halogenated alkanes) is 7. The molecule has 0 aromatic carbocycles. The van der Waals surface area contributed by atoms with Gasteiger partial charge in [-0.05, 0) is 89.9 Å². The van der Waals surface area contributed by atoms with Crippen molar-refractivity contribution in [1.29, 1.82) is 0 Å². The second kappa shape index (κ2) is 41.6. The topological polar surface area (TPSA) is 74.6 Å². The van der Waals surface area contributed by atoms with Crippen LogP contribution in [0.25, 0.3) is 0 Å².